The number of pyridine rings is 1. The highest BCUT2D eigenvalue weighted by atomic mass is 16.5. The van der Waals surface area contributed by atoms with E-state index in [0.29, 0.717) is 31.3 Å². The van der Waals surface area contributed by atoms with Crippen LogP contribution in [0.5, 0.6) is 5.75 Å². The highest BCUT2D eigenvalue weighted by Crippen LogP contribution is 2.34. The Kier molecular flexibility index (Phi) is 7.46. The van der Waals surface area contributed by atoms with Crippen LogP contribution in [-0.2, 0) is 13.1 Å². The smallest absolute Gasteiger partial charge is 0.252 e. The van der Waals surface area contributed by atoms with E-state index in [-0.39, 0.29) is 11.6 Å². The van der Waals surface area contributed by atoms with Gasteiger partial charge in [-0.1, -0.05) is 26.2 Å². The molecule has 0 radical (unpaired) electrons. The molecule has 190 valence electrons. The van der Waals surface area contributed by atoms with Crippen molar-refractivity contribution in [3.63, 3.8) is 0 Å². The third kappa shape index (κ3) is 5.21. The summed E-state index contributed by atoms with van der Waals surface area (Å²) >= 11 is 0. The van der Waals surface area contributed by atoms with Crippen LogP contribution in [0, 0.1) is 0 Å². The van der Waals surface area contributed by atoms with Gasteiger partial charge in [0.25, 0.3) is 5.56 Å². The minimum Gasteiger partial charge on any atom is -0.494 e. The topological polar surface area (TPSA) is 102 Å². The molecule has 1 aliphatic rings. The lowest BCUT2D eigenvalue weighted by Crippen LogP contribution is -2.33. The molecule has 0 unspecified atom stereocenters. The summed E-state index contributed by atoms with van der Waals surface area (Å²) in [5.74, 6) is 2.49. The second-order valence-corrected chi connectivity index (χ2v) is 9.51. The number of aromatic nitrogens is 5. The van der Waals surface area contributed by atoms with Gasteiger partial charge in [-0.15, -0.1) is 5.10 Å². The largest absolute Gasteiger partial charge is 0.494 e. The summed E-state index contributed by atoms with van der Waals surface area (Å²) < 4.78 is 13.4. The molecule has 0 aliphatic heterocycles. The Hall–Kier alpha value is -3.46. The fourth-order valence-electron chi connectivity index (χ4n) is 5.28. The molecule has 3 aromatic heterocycles. The van der Waals surface area contributed by atoms with Crippen molar-refractivity contribution in [1.82, 2.24) is 30.1 Å². The first-order valence-corrected chi connectivity index (χ1v) is 13.0. The zero-order valence-electron chi connectivity index (χ0n) is 21.0. The Labute approximate surface area is 210 Å². The number of benzene rings is 1. The van der Waals surface area contributed by atoms with Crippen LogP contribution in [0.4, 0.5) is 0 Å². The van der Waals surface area contributed by atoms with Gasteiger partial charge in [0.2, 0.25) is 0 Å². The van der Waals surface area contributed by atoms with Gasteiger partial charge in [-0.25, -0.2) is 4.68 Å². The number of nitrogens with zero attached hydrogens (tertiary/aromatic N) is 5. The first-order chi connectivity index (χ1) is 17.7. The van der Waals surface area contributed by atoms with Gasteiger partial charge in [-0.2, -0.15) is 0 Å². The Morgan fingerprint density at radius 2 is 2.06 bits per heavy atom. The van der Waals surface area contributed by atoms with E-state index in [1.54, 1.807) is 6.26 Å². The predicted molar refractivity (Wildman–Crippen MR) is 137 cm³/mol. The van der Waals surface area contributed by atoms with Crippen molar-refractivity contribution >= 4 is 10.9 Å². The lowest BCUT2D eigenvalue weighted by atomic mass is 10.1. The molecule has 0 saturated heterocycles. The summed E-state index contributed by atoms with van der Waals surface area (Å²) in [6.45, 7) is 5.70. The molecular weight excluding hydrogens is 456 g/mol. The Bertz CT molecular complexity index is 1320. The maximum atomic E-state index is 13.1. The van der Waals surface area contributed by atoms with Gasteiger partial charge < -0.3 is 14.1 Å². The lowest BCUT2D eigenvalue weighted by molar-refractivity contribution is 0.142. The third-order valence-corrected chi connectivity index (χ3v) is 7.01. The summed E-state index contributed by atoms with van der Waals surface area (Å²) in [6.07, 6.45) is 8.12. The molecule has 0 bridgehead atoms. The van der Waals surface area contributed by atoms with Gasteiger partial charge in [0.05, 0.1) is 31.5 Å². The van der Waals surface area contributed by atoms with E-state index in [9.17, 15) is 4.79 Å². The summed E-state index contributed by atoms with van der Waals surface area (Å²) in [5, 5.41) is 13.9. The molecule has 1 N–H and O–H groups in total. The number of nitrogens with one attached hydrogen (secondary N) is 1. The van der Waals surface area contributed by atoms with Gasteiger partial charge in [0.15, 0.2) is 5.82 Å². The van der Waals surface area contributed by atoms with Gasteiger partial charge in [0, 0.05) is 23.0 Å². The monoisotopic (exact) mass is 490 g/mol. The van der Waals surface area contributed by atoms with Crippen LogP contribution < -0.4 is 10.3 Å². The fraction of sp³-hybridized carbons (Fsp3) is 0.481. The molecule has 3 heterocycles. The Balaban J connectivity index is 1.52. The molecule has 1 aromatic carbocycles. The van der Waals surface area contributed by atoms with Gasteiger partial charge in [-0.3, -0.25) is 9.69 Å². The zero-order valence-corrected chi connectivity index (χ0v) is 21.0. The van der Waals surface area contributed by atoms with Crippen molar-refractivity contribution in [2.45, 2.75) is 77.5 Å². The molecule has 1 aliphatic carbocycles. The number of tetrazole rings is 1. The van der Waals surface area contributed by atoms with E-state index < -0.39 is 0 Å². The van der Waals surface area contributed by atoms with Crippen molar-refractivity contribution in [2.24, 2.45) is 0 Å². The number of rotatable bonds is 11. The van der Waals surface area contributed by atoms with E-state index in [0.717, 1.165) is 53.9 Å². The normalized spacial score (nSPS) is 15.2. The van der Waals surface area contributed by atoms with E-state index >= 15 is 0 Å². The summed E-state index contributed by atoms with van der Waals surface area (Å²) in [7, 11) is 0. The number of H-pyrrole nitrogens is 1. The number of furan rings is 1. The molecule has 1 saturated carbocycles. The number of ether oxygens (including phenoxy) is 1. The highest BCUT2D eigenvalue weighted by Gasteiger charge is 2.30. The van der Waals surface area contributed by atoms with Crippen LogP contribution in [0.1, 0.15) is 81.6 Å². The molecule has 36 heavy (non-hydrogen) atoms. The van der Waals surface area contributed by atoms with Crippen LogP contribution in [0.3, 0.4) is 0 Å². The van der Waals surface area contributed by atoms with Crippen LogP contribution >= 0.6 is 0 Å². The average molecular weight is 491 g/mol. The number of fused-ring (bicyclic) bond motifs is 1. The second-order valence-electron chi connectivity index (χ2n) is 9.51. The van der Waals surface area contributed by atoms with Crippen LogP contribution in [0.15, 0.2) is 51.9 Å². The molecular formula is C27H34N6O3. The van der Waals surface area contributed by atoms with E-state index in [1.807, 2.05) is 48.0 Å². The van der Waals surface area contributed by atoms with Crippen molar-refractivity contribution in [1.29, 1.82) is 0 Å². The Morgan fingerprint density at radius 3 is 2.81 bits per heavy atom. The van der Waals surface area contributed by atoms with Crippen LogP contribution in [-0.4, -0.2) is 36.7 Å². The molecule has 0 spiro atoms. The zero-order chi connectivity index (χ0) is 24.9. The molecule has 1 fully saturated rings. The van der Waals surface area contributed by atoms with Gasteiger partial charge in [0.1, 0.15) is 11.5 Å². The summed E-state index contributed by atoms with van der Waals surface area (Å²) in [4.78, 5) is 18.5. The van der Waals surface area contributed by atoms with Crippen molar-refractivity contribution in [2.75, 3.05) is 6.61 Å². The fourth-order valence-corrected chi connectivity index (χ4v) is 5.28. The number of aromatic amines is 1. The van der Waals surface area contributed by atoms with E-state index in [2.05, 4.69) is 32.3 Å². The number of hydrogen-bond acceptors (Lipinski definition) is 7. The minimum absolute atomic E-state index is 0.0550. The van der Waals surface area contributed by atoms with Crippen molar-refractivity contribution < 1.29 is 9.15 Å². The van der Waals surface area contributed by atoms with E-state index in [4.69, 9.17) is 9.15 Å². The van der Waals surface area contributed by atoms with Gasteiger partial charge >= 0.3 is 0 Å². The molecule has 1 atom stereocenters. The SMILES string of the molecule is CCC[C@@H](c1nnnn1C1CCCC1)N(Cc1ccco1)Cc1cc2cc(OCC)ccc2[nH]c1=O. The maximum Gasteiger partial charge on any atom is 0.252 e. The van der Waals surface area contributed by atoms with E-state index in [1.165, 1.54) is 12.8 Å². The standard InChI is InChI=1S/C27H34N6O3/c1-3-8-25(26-29-30-31-33(26)21-9-5-6-10-21)32(18-23-11-7-14-36-23)17-20-15-19-16-22(35-4-2)12-13-24(19)28-27(20)34/h7,11-16,21,25H,3-6,8-10,17-18H2,1-2H3,(H,28,34)/t25-/m0/s1. The first-order valence-electron chi connectivity index (χ1n) is 13.0. The quantitative estimate of drug-likeness (QED) is 0.310. The third-order valence-electron chi connectivity index (χ3n) is 7.01. The maximum absolute atomic E-state index is 13.1. The molecule has 0 amide bonds. The summed E-state index contributed by atoms with van der Waals surface area (Å²) in [5.41, 5.74) is 1.38. The predicted octanol–water partition coefficient (Wildman–Crippen LogP) is 5.17. The highest BCUT2D eigenvalue weighted by molar-refractivity contribution is 5.80. The summed E-state index contributed by atoms with van der Waals surface area (Å²) in [6, 6.07) is 11.8. The van der Waals surface area contributed by atoms with Crippen LogP contribution in [0.25, 0.3) is 10.9 Å². The molecule has 9 nitrogen and oxygen atoms in total. The first kappa shape index (κ1) is 24.2. The van der Waals surface area contributed by atoms with Crippen molar-refractivity contribution in [3.05, 3.63) is 70.2 Å². The Morgan fingerprint density at radius 1 is 1.19 bits per heavy atom. The molecule has 5 rings (SSSR count). The molecule has 9 heteroatoms. The minimum atomic E-state index is -0.0956. The number of hydrogen-bond donors (Lipinski definition) is 1. The lowest BCUT2D eigenvalue weighted by Gasteiger charge is -2.31. The molecule has 4 aromatic rings. The second kappa shape index (κ2) is 11.1. The van der Waals surface area contributed by atoms with Crippen LogP contribution in [0.2, 0.25) is 0 Å². The van der Waals surface area contributed by atoms with Gasteiger partial charge in [-0.05, 0) is 73.0 Å². The average Bonchev–Trinajstić information content (AvgIpc) is 3.66. The van der Waals surface area contributed by atoms with Crippen molar-refractivity contribution in [3.8, 4) is 5.75 Å².